The first-order valence-corrected chi connectivity index (χ1v) is 12.1. The van der Waals surface area contributed by atoms with Crippen LogP contribution in [0.1, 0.15) is 46.8 Å². The Labute approximate surface area is 199 Å². The topological polar surface area (TPSA) is 76.0 Å². The van der Waals surface area contributed by atoms with Gasteiger partial charge in [0, 0.05) is 5.56 Å². The summed E-state index contributed by atoms with van der Waals surface area (Å²) in [5.41, 5.74) is 4.85. The molecule has 3 aromatic rings. The van der Waals surface area contributed by atoms with Crippen molar-refractivity contribution in [1.82, 2.24) is 0 Å². The summed E-state index contributed by atoms with van der Waals surface area (Å²) < 4.78 is 11.0. The van der Waals surface area contributed by atoms with Gasteiger partial charge in [0.25, 0.3) is 0 Å². The van der Waals surface area contributed by atoms with Crippen LogP contribution in [0.15, 0.2) is 53.2 Å². The van der Waals surface area contributed by atoms with Crippen molar-refractivity contribution in [3.8, 4) is 11.5 Å². The van der Waals surface area contributed by atoms with Crippen molar-refractivity contribution < 1.29 is 24.5 Å². The second-order valence-corrected chi connectivity index (χ2v) is 9.15. The van der Waals surface area contributed by atoms with Gasteiger partial charge in [-0.15, -0.1) is 0 Å². The van der Waals surface area contributed by atoms with Crippen LogP contribution in [0.3, 0.4) is 0 Å². The highest BCUT2D eigenvalue weighted by Crippen LogP contribution is 2.36. The van der Waals surface area contributed by atoms with Crippen LogP contribution in [-0.4, -0.2) is 30.4 Å². The second-order valence-electron chi connectivity index (χ2n) is 8.37. The summed E-state index contributed by atoms with van der Waals surface area (Å²) in [6.45, 7) is 1.94. The number of aryl methyl sites for hydroxylation is 1. The van der Waals surface area contributed by atoms with E-state index >= 15 is 0 Å². The highest BCUT2D eigenvalue weighted by molar-refractivity contribution is 7.07. The molecule has 1 aromatic heterocycles. The molecule has 1 heterocycles. The molecular formula is C27H32O5S. The van der Waals surface area contributed by atoms with E-state index in [1.807, 2.05) is 43.3 Å². The van der Waals surface area contributed by atoms with Crippen LogP contribution in [0.4, 0.5) is 0 Å². The molecule has 5 nitrogen and oxygen atoms in total. The Kier molecular flexibility index (Phi) is 8.92. The normalized spacial score (nSPS) is 12.8. The average Bonchev–Trinajstić information content (AvgIpc) is 3.32. The lowest BCUT2D eigenvalue weighted by Crippen LogP contribution is -2.16. The van der Waals surface area contributed by atoms with E-state index in [4.69, 9.17) is 14.6 Å². The van der Waals surface area contributed by atoms with Gasteiger partial charge < -0.3 is 19.7 Å². The summed E-state index contributed by atoms with van der Waals surface area (Å²) in [6, 6.07) is 13.6. The van der Waals surface area contributed by atoms with Crippen LogP contribution in [0, 0.1) is 12.8 Å². The molecule has 6 heteroatoms. The monoisotopic (exact) mass is 468 g/mol. The van der Waals surface area contributed by atoms with Gasteiger partial charge in [0.05, 0.1) is 26.7 Å². The van der Waals surface area contributed by atoms with Gasteiger partial charge >= 0.3 is 5.97 Å². The molecule has 3 rings (SSSR count). The number of methoxy groups -OCH3 is 2. The number of aliphatic hydroxyl groups is 1. The maximum absolute atomic E-state index is 11.4. The minimum atomic E-state index is -0.841. The summed E-state index contributed by atoms with van der Waals surface area (Å²) in [5.74, 6) is 0.537. The number of carboxylic acid groups (broad SMARTS) is 1. The summed E-state index contributed by atoms with van der Waals surface area (Å²) in [6.07, 6.45) is 2.81. The number of hydrogen-bond acceptors (Lipinski definition) is 5. The molecule has 0 fully saturated rings. The van der Waals surface area contributed by atoms with Gasteiger partial charge in [-0.05, 0) is 89.7 Å². The zero-order valence-electron chi connectivity index (χ0n) is 19.4. The quantitative estimate of drug-likeness (QED) is 0.361. The van der Waals surface area contributed by atoms with Crippen LogP contribution in [0.2, 0.25) is 0 Å². The Morgan fingerprint density at radius 2 is 1.64 bits per heavy atom. The molecule has 0 amide bonds. The van der Waals surface area contributed by atoms with E-state index in [9.17, 15) is 9.90 Å². The zero-order valence-corrected chi connectivity index (χ0v) is 20.2. The Morgan fingerprint density at radius 3 is 2.18 bits per heavy atom. The number of carboxylic acids is 1. The Balaban J connectivity index is 1.81. The van der Waals surface area contributed by atoms with Crippen molar-refractivity contribution in [3.05, 3.63) is 81.0 Å². The highest BCUT2D eigenvalue weighted by Gasteiger charge is 2.24. The number of benzene rings is 2. The summed E-state index contributed by atoms with van der Waals surface area (Å²) in [4.78, 5) is 11.0. The number of rotatable bonds is 12. The first-order valence-electron chi connectivity index (χ1n) is 11.1. The first kappa shape index (κ1) is 24.8. The van der Waals surface area contributed by atoms with Gasteiger partial charge in [0.2, 0.25) is 0 Å². The largest absolute Gasteiger partial charge is 0.496 e. The van der Waals surface area contributed by atoms with E-state index in [2.05, 4.69) is 16.8 Å². The van der Waals surface area contributed by atoms with Crippen LogP contribution >= 0.6 is 11.3 Å². The lowest BCUT2D eigenvalue weighted by Gasteiger charge is -2.25. The molecule has 0 aliphatic heterocycles. The molecule has 0 unspecified atom stereocenters. The molecule has 0 aliphatic carbocycles. The van der Waals surface area contributed by atoms with Gasteiger partial charge in [-0.25, -0.2) is 0 Å². The van der Waals surface area contributed by atoms with Crippen LogP contribution in [0.5, 0.6) is 11.5 Å². The SMILES string of the molecule is COc1cc([C@@H](O)[C@@H](CCCc2ccsc2)Cc2ccc(CC(=O)O)cc2)cc(OC)c1C. The Hall–Kier alpha value is -2.83. The second kappa shape index (κ2) is 11.9. The van der Waals surface area contributed by atoms with E-state index < -0.39 is 12.1 Å². The third-order valence-electron chi connectivity index (χ3n) is 6.06. The molecule has 2 aromatic carbocycles. The molecule has 2 N–H and O–H groups in total. The maximum Gasteiger partial charge on any atom is 0.307 e. The maximum atomic E-state index is 11.4. The Bertz CT molecular complexity index is 1000. The summed E-state index contributed by atoms with van der Waals surface area (Å²) >= 11 is 1.70. The van der Waals surface area contributed by atoms with Crippen molar-refractivity contribution in [3.63, 3.8) is 0 Å². The van der Waals surface area contributed by atoms with Crippen LogP contribution in [0.25, 0.3) is 0 Å². The van der Waals surface area contributed by atoms with Crippen molar-refractivity contribution in [2.45, 2.75) is 45.1 Å². The first-order chi connectivity index (χ1) is 15.9. The smallest absolute Gasteiger partial charge is 0.307 e. The molecule has 0 radical (unpaired) electrons. The van der Waals surface area contributed by atoms with E-state index in [1.165, 1.54) is 5.56 Å². The molecule has 0 bridgehead atoms. The van der Waals surface area contributed by atoms with Crippen molar-refractivity contribution in [2.75, 3.05) is 14.2 Å². The molecule has 0 saturated heterocycles. The molecule has 0 aliphatic rings. The molecule has 0 saturated carbocycles. The van der Waals surface area contributed by atoms with Crippen LogP contribution in [-0.2, 0) is 24.1 Å². The minimum Gasteiger partial charge on any atom is -0.496 e. The Morgan fingerprint density at radius 1 is 1.00 bits per heavy atom. The third kappa shape index (κ3) is 6.83. The summed E-state index contributed by atoms with van der Waals surface area (Å²) in [7, 11) is 3.24. The van der Waals surface area contributed by atoms with Gasteiger partial charge in [0.1, 0.15) is 11.5 Å². The third-order valence-corrected chi connectivity index (χ3v) is 6.79. The fourth-order valence-electron chi connectivity index (χ4n) is 4.19. The lowest BCUT2D eigenvalue weighted by molar-refractivity contribution is -0.136. The fourth-order valence-corrected chi connectivity index (χ4v) is 4.90. The molecule has 0 spiro atoms. The standard InChI is InChI=1S/C27H32O5S/c1-18-24(31-2)15-23(16-25(18)32-3)27(30)22(6-4-5-21-11-12-33-17-21)13-19-7-9-20(10-8-19)14-26(28)29/h7-12,15-17,22,27,30H,4-6,13-14H2,1-3H3,(H,28,29)/t22-,27-/m0/s1. The van der Waals surface area contributed by atoms with Crippen molar-refractivity contribution in [1.29, 1.82) is 0 Å². The minimum absolute atomic E-state index is 0.00826. The fraction of sp³-hybridized carbons (Fsp3) is 0.370. The van der Waals surface area contributed by atoms with Gasteiger partial charge in [-0.3, -0.25) is 4.79 Å². The lowest BCUT2D eigenvalue weighted by atomic mass is 9.85. The van der Waals surface area contributed by atoms with E-state index in [-0.39, 0.29) is 12.3 Å². The predicted molar refractivity (Wildman–Crippen MR) is 131 cm³/mol. The molecule has 176 valence electrons. The van der Waals surface area contributed by atoms with E-state index in [0.717, 1.165) is 41.5 Å². The highest BCUT2D eigenvalue weighted by atomic mass is 32.1. The van der Waals surface area contributed by atoms with E-state index in [1.54, 1.807) is 25.6 Å². The van der Waals surface area contributed by atoms with Gasteiger partial charge in [0.15, 0.2) is 0 Å². The molecule has 33 heavy (non-hydrogen) atoms. The molecule has 2 atom stereocenters. The zero-order chi connectivity index (χ0) is 23.8. The van der Waals surface area contributed by atoms with Gasteiger partial charge in [-0.1, -0.05) is 24.3 Å². The average molecular weight is 469 g/mol. The van der Waals surface area contributed by atoms with Crippen molar-refractivity contribution in [2.24, 2.45) is 5.92 Å². The van der Waals surface area contributed by atoms with Gasteiger partial charge in [-0.2, -0.15) is 11.3 Å². The number of carbonyl (C=O) groups is 1. The van der Waals surface area contributed by atoms with Crippen LogP contribution < -0.4 is 9.47 Å². The number of aliphatic hydroxyl groups excluding tert-OH is 1. The molecular weight excluding hydrogens is 436 g/mol. The predicted octanol–water partition coefficient (Wildman–Crippen LogP) is 5.62. The summed E-state index contributed by atoms with van der Waals surface area (Å²) in [5, 5.41) is 24.7. The van der Waals surface area contributed by atoms with Crippen molar-refractivity contribution >= 4 is 17.3 Å². The number of thiophene rings is 1. The number of aliphatic carboxylic acids is 1. The number of ether oxygens (including phenoxy) is 2. The van der Waals surface area contributed by atoms with E-state index in [0.29, 0.717) is 17.9 Å². The number of hydrogen-bond donors (Lipinski definition) is 2.